The lowest BCUT2D eigenvalue weighted by Gasteiger charge is -2.32. The summed E-state index contributed by atoms with van der Waals surface area (Å²) in [5, 5.41) is 2.95. The summed E-state index contributed by atoms with van der Waals surface area (Å²) >= 11 is 3.40. The second-order valence-electron chi connectivity index (χ2n) is 4.80. The zero-order chi connectivity index (χ0) is 13.0. The van der Waals surface area contributed by atoms with E-state index in [0.29, 0.717) is 5.92 Å². The fourth-order valence-corrected chi connectivity index (χ4v) is 2.75. The first-order valence-electron chi connectivity index (χ1n) is 6.50. The molecule has 2 rings (SSSR count). The van der Waals surface area contributed by atoms with Gasteiger partial charge in [0, 0.05) is 23.2 Å². The molecule has 0 aliphatic carbocycles. The van der Waals surface area contributed by atoms with Crippen molar-refractivity contribution >= 4 is 27.6 Å². The van der Waals surface area contributed by atoms with Gasteiger partial charge in [0.1, 0.15) is 0 Å². The van der Waals surface area contributed by atoms with Crippen LogP contribution in [0.1, 0.15) is 26.2 Å². The van der Waals surface area contributed by atoms with Crippen molar-refractivity contribution in [3.63, 3.8) is 0 Å². The Hall–Kier alpha value is -1.03. The van der Waals surface area contributed by atoms with Crippen LogP contribution in [-0.2, 0) is 0 Å². The highest BCUT2D eigenvalue weighted by atomic mass is 79.9. The number of carbonyl (C=O) groups excluding carboxylic acids is 1. The summed E-state index contributed by atoms with van der Waals surface area (Å²) in [6.45, 7) is 3.95. The molecule has 0 bridgehead atoms. The maximum Gasteiger partial charge on any atom is 0.321 e. The third-order valence-corrected chi connectivity index (χ3v) is 3.95. The molecule has 1 aliphatic heterocycles. The summed E-state index contributed by atoms with van der Waals surface area (Å²) in [4.78, 5) is 14.1. The first kappa shape index (κ1) is 13.4. The van der Waals surface area contributed by atoms with Gasteiger partial charge in [0.25, 0.3) is 0 Å². The quantitative estimate of drug-likeness (QED) is 0.876. The van der Waals surface area contributed by atoms with E-state index in [-0.39, 0.29) is 6.03 Å². The summed E-state index contributed by atoms with van der Waals surface area (Å²) in [5.41, 5.74) is 0.841. The molecule has 2 amide bonds. The Morgan fingerprint density at radius 2 is 2.39 bits per heavy atom. The second kappa shape index (κ2) is 6.23. The molecule has 1 aromatic carbocycles. The molecule has 0 aromatic heterocycles. The zero-order valence-electron chi connectivity index (χ0n) is 10.7. The number of urea groups is 1. The third-order valence-electron chi connectivity index (χ3n) is 3.46. The monoisotopic (exact) mass is 310 g/mol. The van der Waals surface area contributed by atoms with E-state index in [2.05, 4.69) is 28.2 Å². The van der Waals surface area contributed by atoms with Crippen LogP contribution in [0, 0.1) is 5.92 Å². The number of likely N-dealkylation sites (tertiary alicyclic amines) is 1. The van der Waals surface area contributed by atoms with Crippen molar-refractivity contribution in [3.8, 4) is 0 Å². The van der Waals surface area contributed by atoms with Gasteiger partial charge in [-0.3, -0.25) is 0 Å². The normalized spacial score (nSPS) is 19.7. The van der Waals surface area contributed by atoms with Crippen molar-refractivity contribution in [2.45, 2.75) is 26.2 Å². The predicted molar refractivity (Wildman–Crippen MR) is 77.7 cm³/mol. The minimum Gasteiger partial charge on any atom is -0.324 e. The van der Waals surface area contributed by atoms with Crippen molar-refractivity contribution in [3.05, 3.63) is 28.7 Å². The Morgan fingerprint density at radius 1 is 1.56 bits per heavy atom. The lowest BCUT2D eigenvalue weighted by atomic mass is 9.96. The molecule has 3 nitrogen and oxygen atoms in total. The molecule has 0 radical (unpaired) electrons. The number of piperidine rings is 1. The molecule has 18 heavy (non-hydrogen) atoms. The Bertz CT molecular complexity index is 422. The molecule has 1 heterocycles. The van der Waals surface area contributed by atoms with Gasteiger partial charge in [-0.25, -0.2) is 4.79 Å². The van der Waals surface area contributed by atoms with Crippen LogP contribution in [-0.4, -0.2) is 24.0 Å². The standard InChI is InChI=1S/C14H19BrN2O/c1-2-11-5-4-8-17(10-11)14(18)16-13-7-3-6-12(15)9-13/h3,6-7,9,11H,2,4-5,8,10H2,1H3,(H,16,18)/t11-/m0/s1. The van der Waals surface area contributed by atoms with Crippen molar-refractivity contribution in [1.82, 2.24) is 4.90 Å². The predicted octanol–water partition coefficient (Wildman–Crippen LogP) is 4.10. The summed E-state index contributed by atoms with van der Waals surface area (Å²) in [5.74, 6) is 0.659. The zero-order valence-corrected chi connectivity index (χ0v) is 12.2. The van der Waals surface area contributed by atoms with Crippen molar-refractivity contribution in [2.24, 2.45) is 5.92 Å². The molecular formula is C14H19BrN2O. The molecule has 4 heteroatoms. The number of halogens is 1. The number of amides is 2. The van der Waals surface area contributed by atoms with Crippen LogP contribution >= 0.6 is 15.9 Å². The van der Waals surface area contributed by atoms with E-state index in [1.165, 1.54) is 6.42 Å². The van der Waals surface area contributed by atoms with Gasteiger partial charge in [-0.15, -0.1) is 0 Å². The van der Waals surface area contributed by atoms with E-state index in [4.69, 9.17) is 0 Å². The number of carbonyl (C=O) groups is 1. The number of hydrogen-bond acceptors (Lipinski definition) is 1. The summed E-state index contributed by atoms with van der Waals surface area (Å²) in [6.07, 6.45) is 3.52. The largest absolute Gasteiger partial charge is 0.324 e. The number of nitrogens with zero attached hydrogens (tertiary/aromatic N) is 1. The molecule has 98 valence electrons. The molecule has 1 atom stereocenters. The smallest absolute Gasteiger partial charge is 0.321 e. The van der Waals surface area contributed by atoms with E-state index < -0.39 is 0 Å². The van der Waals surface area contributed by atoms with Crippen LogP contribution in [0.15, 0.2) is 28.7 Å². The van der Waals surface area contributed by atoms with Gasteiger partial charge < -0.3 is 10.2 Å². The maximum atomic E-state index is 12.1. The van der Waals surface area contributed by atoms with Crippen LogP contribution in [0.4, 0.5) is 10.5 Å². The van der Waals surface area contributed by atoms with Gasteiger partial charge >= 0.3 is 6.03 Å². The van der Waals surface area contributed by atoms with Gasteiger partial charge in [0.15, 0.2) is 0 Å². The number of rotatable bonds is 2. The van der Waals surface area contributed by atoms with Crippen LogP contribution in [0.5, 0.6) is 0 Å². The van der Waals surface area contributed by atoms with E-state index in [1.807, 2.05) is 29.2 Å². The molecule has 0 saturated carbocycles. The summed E-state index contributed by atoms with van der Waals surface area (Å²) in [6, 6.07) is 7.71. The average molecular weight is 311 g/mol. The van der Waals surface area contributed by atoms with Crippen molar-refractivity contribution in [1.29, 1.82) is 0 Å². The average Bonchev–Trinajstić information content (AvgIpc) is 2.39. The highest BCUT2D eigenvalue weighted by molar-refractivity contribution is 9.10. The first-order chi connectivity index (χ1) is 8.69. The minimum atomic E-state index is 0.0197. The Kier molecular flexibility index (Phi) is 4.64. The summed E-state index contributed by atoms with van der Waals surface area (Å²) in [7, 11) is 0. The molecule has 1 aromatic rings. The van der Waals surface area contributed by atoms with E-state index in [1.54, 1.807) is 0 Å². The van der Waals surface area contributed by atoms with Crippen LogP contribution in [0.3, 0.4) is 0 Å². The molecule has 1 N–H and O–H groups in total. The van der Waals surface area contributed by atoms with Crippen LogP contribution < -0.4 is 5.32 Å². The van der Waals surface area contributed by atoms with Gasteiger partial charge in [0.2, 0.25) is 0 Å². The van der Waals surface area contributed by atoms with Gasteiger partial charge in [-0.2, -0.15) is 0 Å². The lowest BCUT2D eigenvalue weighted by molar-refractivity contribution is 0.176. The van der Waals surface area contributed by atoms with Crippen LogP contribution in [0.25, 0.3) is 0 Å². The highest BCUT2D eigenvalue weighted by Crippen LogP contribution is 2.21. The van der Waals surface area contributed by atoms with E-state index in [0.717, 1.165) is 36.1 Å². The Labute approximate surface area is 117 Å². The highest BCUT2D eigenvalue weighted by Gasteiger charge is 2.22. The van der Waals surface area contributed by atoms with Crippen molar-refractivity contribution in [2.75, 3.05) is 18.4 Å². The fourth-order valence-electron chi connectivity index (χ4n) is 2.35. The van der Waals surface area contributed by atoms with Crippen molar-refractivity contribution < 1.29 is 4.79 Å². The third kappa shape index (κ3) is 3.48. The molecule has 1 saturated heterocycles. The minimum absolute atomic E-state index is 0.0197. The SMILES string of the molecule is CC[C@H]1CCCN(C(=O)Nc2cccc(Br)c2)C1. The van der Waals surface area contributed by atoms with Gasteiger partial charge in [0.05, 0.1) is 0 Å². The Morgan fingerprint density at radius 3 is 3.11 bits per heavy atom. The molecule has 1 fully saturated rings. The Balaban J connectivity index is 1.95. The lowest BCUT2D eigenvalue weighted by Crippen LogP contribution is -2.42. The topological polar surface area (TPSA) is 32.3 Å². The molecule has 0 unspecified atom stereocenters. The molecular weight excluding hydrogens is 292 g/mol. The number of anilines is 1. The first-order valence-corrected chi connectivity index (χ1v) is 7.30. The summed E-state index contributed by atoms with van der Waals surface area (Å²) < 4.78 is 0.977. The van der Waals surface area contributed by atoms with Crippen LogP contribution in [0.2, 0.25) is 0 Å². The number of benzene rings is 1. The van der Waals surface area contributed by atoms with Gasteiger partial charge in [-0.05, 0) is 37.0 Å². The van der Waals surface area contributed by atoms with E-state index in [9.17, 15) is 4.79 Å². The van der Waals surface area contributed by atoms with Gasteiger partial charge in [-0.1, -0.05) is 35.3 Å². The number of hydrogen-bond donors (Lipinski definition) is 1. The maximum absolute atomic E-state index is 12.1. The molecule has 1 aliphatic rings. The van der Waals surface area contributed by atoms with E-state index >= 15 is 0 Å². The second-order valence-corrected chi connectivity index (χ2v) is 5.72. The fraction of sp³-hybridized carbons (Fsp3) is 0.500. The molecule has 0 spiro atoms. The number of nitrogens with one attached hydrogen (secondary N) is 1.